The molecular formula is C14H18O4S. The second kappa shape index (κ2) is 6.82. The zero-order chi connectivity index (χ0) is 13.7. The molecule has 1 heterocycles. The molecule has 0 bridgehead atoms. The Morgan fingerprint density at radius 1 is 1.42 bits per heavy atom. The van der Waals surface area contributed by atoms with E-state index in [2.05, 4.69) is 4.74 Å². The summed E-state index contributed by atoms with van der Waals surface area (Å²) < 4.78 is 22.1. The predicted molar refractivity (Wildman–Crippen MR) is 73.5 cm³/mol. The lowest BCUT2D eigenvalue weighted by atomic mass is 10.1. The van der Waals surface area contributed by atoms with Crippen LogP contribution in [-0.2, 0) is 26.0 Å². The normalized spacial score (nSPS) is 20.2. The number of esters is 1. The van der Waals surface area contributed by atoms with Crippen molar-refractivity contribution in [2.75, 3.05) is 19.5 Å². The number of methoxy groups -OCH3 is 1. The Morgan fingerprint density at radius 2 is 2.16 bits per heavy atom. The first kappa shape index (κ1) is 14.2. The highest BCUT2D eigenvalue weighted by atomic mass is 32.2. The zero-order valence-corrected chi connectivity index (χ0v) is 11.8. The summed E-state index contributed by atoms with van der Waals surface area (Å²) >= 11 is 0. The molecule has 1 aliphatic rings. The van der Waals surface area contributed by atoms with E-state index in [1.807, 2.05) is 12.1 Å². The van der Waals surface area contributed by atoms with Crippen molar-refractivity contribution in [1.82, 2.24) is 0 Å². The van der Waals surface area contributed by atoms with E-state index in [1.165, 1.54) is 7.11 Å². The number of rotatable bonds is 5. The SMILES string of the molecule is COC(=O)c1ccc(CS(=O)CC2CCCO2)cc1. The minimum absolute atomic E-state index is 0.148. The van der Waals surface area contributed by atoms with Gasteiger partial charge in [0.15, 0.2) is 0 Å². The topological polar surface area (TPSA) is 52.6 Å². The van der Waals surface area contributed by atoms with Gasteiger partial charge in [-0.05, 0) is 30.5 Å². The van der Waals surface area contributed by atoms with Crippen LogP contribution >= 0.6 is 0 Å². The van der Waals surface area contributed by atoms with E-state index in [0.29, 0.717) is 17.1 Å². The summed E-state index contributed by atoms with van der Waals surface area (Å²) in [5.41, 5.74) is 1.47. The van der Waals surface area contributed by atoms with Gasteiger partial charge in [0.05, 0.1) is 24.5 Å². The van der Waals surface area contributed by atoms with Crippen LogP contribution in [0.25, 0.3) is 0 Å². The van der Waals surface area contributed by atoms with E-state index < -0.39 is 10.8 Å². The number of hydrogen-bond donors (Lipinski definition) is 0. The number of ether oxygens (including phenoxy) is 2. The van der Waals surface area contributed by atoms with Gasteiger partial charge in [-0.25, -0.2) is 4.79 Å². The molecule has 1 fully saturated rings. The van der Waals surface area contributed by atoms with Crippen LogP contribution in [0.5, 0.6) is 0 Å². The van der Waals surface area contributed by atoms with Crippen molar-refractivity contribution < 1.29 is 18.5 Å². The first-order valence-electron chi connectivity index (χ1n) is 6.33. The van der Waals surface area contributed by atoms with Gasteiger partial charge in [-0.15, -0.1) is 0 Å². The first-order valence-corrected chi connectivity index (χ1v) is 7.81. The molecule has 2 unspecified atom stereocenters. The molecule has 2 atom stereocenters. The van der Waals surface area contributed by atoms with Crippen LogP contribution < -0.4 is 0 Å². The molecule has 1 aromatic rings. The maximum absolute atomic E-state index is 12.0. The summed E-state index contributed by atoms with van der Waals surface area (Å²) in [5.74, 6) is 0.743. The summed E-state index contributed by atoms with van der Waals surface area (Å²) in [5, 5.41) is 0. The molecule has 0 amide bonds. The Morgan fingerprint density at radius 3 is 2.74 bits per heavy atom. The largest absolute Gasteiger partial charge is 0.465 e. The molecule has 1 aromatic carbocycles. The van der Waals surface area contributed by atoms with Crippen LogP contribution in [0.15, 0.2) is 24.3 Å². The lowest BCUT2D eigenvalue weighted by molar-refractivity contribution is 0.0600. The standard InChI is InChI=1S/C14H18O4S/c1-17-14(15)12-6-4-11(5-7-12)9-19(16)10-13-3-2-8-18-13/h4-7,13H,2-3,8-10H2,1H3. The molecule has 0 saturated carbocycles. The van der Waals surface area contributed by atoms with E-state index in [1.54, 1.807) is 12.1 Å². The van der Waals surface area contributed by atoms with Gasteiger partial charge < -0.3 is 9.47 Å². The zero-order valence-electron chi connectivity index (χ0n) is 11.0. The van der Waals surface area contributed by atoms with Crippen molar-refractivity contribution >= 4 is 16.8 Å². The molecule has 0 aromatic heterocycles. The summed E-state index contributed by atoms with van der Waals surface area (Å²) in [7, 11) is 0.433. The predicted octanol–water partition coefficient (Wildman–Crippen LogP) is 1.90. The maximum atomic E-state index is 12.0. The van der Waals surface area contributed by atoms with Gasteiger partial charge in [0, 0.05) is 23.2 Å². The summed E-state index contributed by atoms with van der Waals surface area (Å²) in [6.07, 6.45) is 2.22. The first-order chi connectivity index (χ1) is 9.19. The van der Waals surface area contributed by atoms with Crippen molar-refractivity contribution in [3.63, 3.8) is 0 Å². The third-order valence-corrected chi connectivity index (χ3v) is 4.50. The van der Waals surface area contributed by atoms with Crippen molar-refractivity contribution in [3.05, 3.63) is 35.4 Å². The van der Waals surface area contributed by atoms with Crippen LogP contribution in [-0.4, -0.2) is 35.8 Å². The molecule has 0 radical (unpaired) electrons. The van der Waals surface area contributed by atoms with Gasteiger partial charge in [0.25, 0.3) is 0 Å². The van der Waals surface area contributed by atoms with Crippen molar-refractivity contribution in [1.29, 1.82) is 0 Å². The third-order valence-electron chi connectivity index (χ3n) is 3.10. The fourth-order valence-corrected chi connectivity index (χ4v) is 3.44. The average molecular weight is 282 g/mol. The Bertz CT molecular complexity index is 449. The smallest absolute Gasteiger partial charge is 0.337 e. The fraction of sp³-hybridized carbons (Fsp3) is 0.500. The monoisotopic (exact) mass is 282 g/mol. The Labute approximate surface area is 115 Å². The van der Waals surface area contributed by atoms with E-state index >= 15 is 0 Å². The molecule has 5 heteroatoms. The Hall–Kier alpha value is -1.20. The minimum Gasteiger partial charge on any atom is -0.465 e. The van der Waals surface area contributed by atoms with Gasteiger partial charge in [0.2, 0.25) is 0 Å². The van der Waals surface area contributed by atoms with Gasteiger partial charge >= 0.3 is 5.97 Å². The van der Waals surface area contributed by atoms with Gasteiger partial charge in [-0.1, -0.05) is 12.1 Å². The summed E-state index contributed by atoms with van der Waals surface area (Å²) in [6.45, 7) is 0.787. The second-order valence-corrected chi connectivity index (χ2v) is 6.08. The molecule has 104 valence electrons. The number of carbonyl (C=O) groups is 1. The highest BCUT2D eigenvalue weighted by Crippen LogP contribution is 2.15. The molecule has 19 heavy (non-hydrogen) atoms. The summed E-state index contributed by atoms with van der Waals surface area (Å²) in [6, 6.07) is 7.04. The van der Waals surface area contributed by atoms with Crippen molar-refractivity contribution in [3.8, 4) is 0 Å². The van der Waals surface area contributed by atoms with Gasteiger partial charge in [-0.3, -0.25) is 4.21 Å². The van der Waals surface area contributed by atoms with Crippen molar-refractivity contribution in [2.45, 2.75) is 24.7 Å². The van der Waals surface area contributed by atoms with Crippen LogP contribution in [0, 0.1) is 0 Å². The maximum Gasteiger partial charge on any atom is 0.337 e. The third kappa shape index (κ3) is 4.14. The van der Waals surface area contributed by atoms with Crippen molar-refractivity contribution in [2.24, 2.45) is 0 Å². The molecule has 0 N–H and O–H groups in total. The lowest BCUT2D eigenvalue weighted by Gasteiger charge is -2.09. The van der Waals surface area contributed by atoms with E-state index in [4.69, 9.17) is 4.74 Å². The molecule has 2 rings (SSSR count). The average Bonchev–Trinajstić information content (AvgIpc) is 2.91. The van der Waals surface area contributed by atoms with E-state index in [-0.39, 0.29) is 12.1 Å². The quantitative estimate of drug-likeness (QED) is 0.774. The molecule has 0 aliphatic carbocycles. The molecule has 4 nitrogen and oxygen atoms in total. The van der Waals surface area contributed by atoms with Crippen LogP contribution in [0.2, 0.25) is 0 Å². The lowest BCUT2D eigenvalue weighted by Crippen LogP contribution is -2.16. The highest BCUT2D eigenvalue weighted by molar-refractivity contribution is 7.84. The minimum atomic E-state index is -0.921. The summed E-state index contributed by atoms with van der Waals surface area (Å²) in [4.78, 5) is 11.3. The highest BCUT2D eigenvalue weighted by Gasteiger charge is 2.18. The van der Waals surface area contributed by atoms with Crippen LogP contribution in [0.1, 0.15) is 28.8 Å². The fourth-order valence-electron chi connectivity index (χ4n) is 2.08. The second-order valence-electron chi connectivity index (χ2n) is 4.57. The van der Waals surface area contributed by atoms with E-state index in [0.717, 1.165) is 25.0 Å². The number of hydrogen-bond acceptors (Lipinski definition) is 4. The Kier molecular flexibility index (Phi) is 5.10. The molecule has 1 aliphatic heterocycles. The molecular weight excluding hydrogens is 264 g/mol. The Balaban J connectivity index is 1.88. The van der Waals surface area contributed by atoms with E-state index in [9.17, 15) is 9.00 Å². The molecule has 1 saturated heterocycles. The van der Waals surface area contributed by atoms with Gasteiger partial charge in [0.1, 0.15) is 0 Å². The van der Waals surface area contributed by atoms with Gasteiger partial charge in [-0.2, -0.15) is 0 Å². The molecule has 0 spiro atoms. The number of benzene rings is 1. The van der Waals surface area contributed by atoms with Crippen LogP contribution in [0.4, 0.5) is 0 Å². The number of carbonyl (C=O) groups excluding carboxylic acids is 1. The van der Waals surface area contributed by atoms with Crippen LogP contribution in [0.3, 0.4) is 0 Å².